The summed E-state index contributed by atoms with van der Waals surface area (Å²) < 4.78 is 23.4. The normalized spacial score (nSPS) is 23.7. The van der Waals surface area contributed by atoms with Gasteiger partial charge in [-0.05, 0) is 55.0 Å². The number of nitrogens with two attached hydrogens (primary N) is 1. The van der Waals surface area contributed by atoms with Crippen LogP contribution in [-0.4, -0.2) is 29.5 Å². The Balaban J connectivity index is 2.34. The van der Waals surface area contributed by atoms with E-state index in [0.717, 1.165) is 25.7 Å². The molecule has 1 saturated carbocycles. The second kappa shape index (κ2) is 5.72. The summed E-state index contributed by atoms with van der Waals surface area (Å²) in [5.41, 5.74) is 0.245. The lowest BCUT2D eigenvalue weighted by molar-refractivity contribution is 0.0687. The molecule has 1 heterocycles. The Hall–Kier alpha value is -1.09. The van der Waals surface area contributed by atoms with Crippen LogP contribution in [0.5, 0.6) is 0 Å². The van der Waals surface area contributed by atoms with Gasteiger partial charge >= 0.3 is 16.2 Å². The zero-order valence-corrected chi connectivity index (χ0v) is 12.2. The molecule has 0 spiro atoms. The highest BCUT2D eigenvalue weighted by atomic mass is 35.5. The molecule has 2 rings (SSSR count). The Morgan fingerprint density at radius 2 is 2.00 bits per heavy atom. The van der Waals surface area contributed by atoms with Gasteiger partial charge in [-0.25, -0.2) is 18.7 Å². The highest BCUT2D eigenvalue weighted by Crippen LogP contribution is 2.35. The summed E-state index contributed by atoms with van der Waals surface area (Å²) >= 11 is 5.58. The molecule has 20 heavy (non-hydrogen) atoms. The maximum atomic E-state index is 11.4. The van der Waals surface area contributed by atoms with E-state index in [1.165, 1.54) is 12.3 Å². The van der Waals surface area contributed by atoms with Gasteiger partial charge in [-0.15, -0.1) is 0 Å². The molecule has 0 aromatic carbocycles. The second-order valence-corrected chi connectivity index (χ2v) is 6.56. The first-order valence-corrected chi connectivity index (χ1v) is 8.06. The quantitative estimate of drug-likeness (QED) is 0.716. The van der Waals surface area contributed by atoms with Gasteiger partial charge in [0.05, 0.1) is 0 Å². The highest BCUT2D eigenvalue weighted by Gasteiger charge is 2.29. The SMILES string of the molecule is NS(=O)(=O)n1ccc(C2CCC(NCl)CC2)c1C(=O)O. The van der Waals surface area contributed by atoms with Crippen molar-refractivity contribution in [2.75, 3.05) is 0 Å². The molecule has 9 heteroatoms. The van der Waals surface area contributed by atoms with Gasteiger partial charge in [0.25, 0.3) is 0 Å². The fourth-order valence-electron chi connectivity index (χ4n) is 2.70. The number of nitrogens with zero attached hydrogens (tertiary/aromatic N) is 1. The van der Waals surface area contributed by atoms with E-state index in [9.17, 15) is 18.3 Å². The molecule has 0 aliphatic heterocycles. The molecule has 0 radical (unpaired) electrons. The maximum Gasteiger partial charge on any atom is 0.353 e. The van der Waals surface area contributed by atoms with Crippen LogP contribution in [0.25, 0.3) is 0 Å². The number of aromatic nitrogens is 1. The topological polar surface area (TPSA) is 114 Å². The molecule has 4 N–H and O–H groups in total. The van der Waals surface area contributed by atoms with Crippen LogP contribution in [0.1, 0.15) is 47.7 Å². The Morgan fingerprint density at radius 3 is 2.45 bits per heavy atom. The van der Waals surface area contributed by atoms with Crippen LogP contribution in [-0.2, 0) is 10.2 Å². The number of rotatable bonds is 4. The Kier molecular flexibility index (Phi) is 4.38. The van der Waals surface area contributed by atoms with Crippen LogP contribution in [0.4, 0.5) is 0 Å². The molecule has 0 atom stereocenters. The summed E-state index contributed by atoms with van der Waals surface area (Å²) in [5, 5.41) is 14.3. The molecule has 1 aromatic rings. The van der Waals surface area contributed by atoms with Gasteiger partial charge in [0.2, 0.25) is 0 Å². The van der Waals surface area contributed by atoms with E-state index in [-0.39, 0.29) is 17.7 Å². The van der Waals surface area contributed by atoms with Gasteiger partial charge in [0, 0.05) is 12.2 Å². The molecule has 1 aliphatic carbocycles. The third-order valence-electron chi connectivity index (χ3n) is 3.68. The van der Waals surface area contributed by atoms with E-state index < -0.39 is 16.2 Å². The molecule has 1 fully saturated rings. The molecule has 1 aromatic heterocycles. The summed E-state index contributed by atoms with van der Waals surface area (Å²) in [6.07, 6.45) is 4.32. The lowest BCUT2D eigenvalue weighted by atomic mass is 9.82. The largest absolute Gasteiger partial charge is 0.477 e. The third-order valence-corrected chi connectivity index (χ3v) is 4.84. The Bertz CT molecular complexity index is 605. The summed E-state index contributed by atoms with van der Waals surface area (Å²) in [6, 6.07) is 1.73. The zero-order valence-electron chi connectivity index (χ0n) is 10.6. The summed E-state index contributed by atoms with van der Waals surface area (Å²) in [5.74, 6) is -1.29. The van der Waals surface area contributed by atoms with E-state index in [1.807, 2.05) is 0 Å². The first-order chi connectivity index (χ1) is 9.34. The van der Waals surface area contributed by atoms with Gasteiger partial charge in [-0.3, -0.25) is 0 Å². The first kappa shape index (κ1) is 15.3. The average Bonchev–Trinajstić information content (AvgIpc) is 2.83. The minimum atomic E-state index is -4.11. The van der Waals surface area contributed by atoms with Crippen molar-refractivity contribution in [2.45, 2.75) is 37.6 Å². The molecular formula is C11H16ClN3O4S. The van der Waals surface area contributed by atoms with Gasteiger partial charge < -0.3 is 5.11 Å². The molecule has 7 nitrogen and oxygen atoms in total. The number of nitrogens with one attached hydrogen (secondary N) is 1. The van der Waals surface area contributed by atoms with Crippen LogP contribution < -0.4 is 9.97 Å². The fraction of sp³-hybridized carbons (Fsp3) is 0.545. The average molecular weight is 322 g/mol. The van der Waals surface area contributed by atoms with Gasteiger partial charge in [-0.1, -0.05) is 0 Å². The fourth-order valence-corrected chi connectivity index (χ4v) is 3.59. The number of carbonyl (C=O) groups is 1. The number of aromatic carboxylic acids is 1. The maximum absolute atomic E-state index is 11.4. The number of halogens is 1. The minimum Gasteiger partial charge on any atom is -0.477 e. The summed E-state index contributed by atoms with van der Waals surface area (Å²) in [4.78, 5) is 14.0. The van der Waals surface area contributed by atoms with Crippen LogP contribution >= 0.6 is 11.8 Å². The predicted molar refractivity (Wildman–Crippen MR) is 73.9 cm³/mol. The van der Waals surface area contributed by atoms with Crippen molar-refractivity contribution < 1.29 is 18.3 Å². The summed E-state index contributed by atoms with van der Waals surface area (Å²) in [7, 11) is -4.11. The third kappa shape index (κ3) is 2.98. The standard InChI is InChI=1S/C11H16ClN3O4S/c12-14-8-3-1-7(2-4-8)9-5-6-15(20(13,18)19)10(9)11(16)17/h5-8,14H,1-4H2,(H,16,17)(H2,13,18,19). The van der Waals surface area contributed by atoms with Crippen molar-refractivity contribution in [2.24, 2.45) is 5.14 Å². The molecule has 0 bridgehead atoms. The predicted octanol–water partition coefficient (Wildman–Crippen LogP) is 1.01. The Morgan fingerprint density at radius 1 is 1.40 bits per heavy atom. The van der Waals surface area contributed by atoms with Crippen molar-refractivity contribution >= 4 is 28.0 Å². The molecular weight excluding hydrogens is 306 g/mol. The number of hydrogen-bond acceptors (Lipinski definition) is 4. The number of carboxylic acids is 1. The molecule has 0 amide bonds. The molecule has 0 unspecified atom stereocenters. The first-order valence-electron chi connectivity index (χ1n) is 6.18. The monoisotopic (exact) mass is 321 g/mol. The zero-order chi connectivity index (χ0) is 14.9. The minimum absolute atomic E-state index is 0.00497. The molecule has 112 valence electrons. The Labute approximate surface area is 122 Å². The summed E-state index contributed by atoms with van der Waals surface area (Å²) in [6.45, 7) is 0. The van der Waals surface area contributed by atoms with E-state index in [2.05, 4.69) is 4.84 Å². The van der Waals surface area contributed by atoms with Crippen molar-refractivity contribution in [3.63, 3.8) is 0 Å². The van der Waals surface area contributed by atoms with Gasteiger partial charge in [-0.2, -0.15) is 8.42 Å². The van der Waals surface area contributed by atoms with Crippen LogP contribution in [0.15, 0.2) is 12.3 Å². The van der Waals surface area contributed by atoms with E-state index in [0.29, 0.717) is 9.54 Å². The van der Waals surface area contributed by atoms with Gasteiger partial charge in [0.15, 0.2) is 0 Å². The highest BCUT2D eigenvalue weighted by molar-refractivity contribution is 7.87. The number of hydrogen-bond donors (Lipinski definition) is 3. The van der Waals surface area contributed by atoms with Crippen molar-refractivity contribution in [3.8, 4) is 0 Å². The van der Waals surface area contributed by atoms with Crippen molar-refractivity contribution in [3.05, 3.63) is 23.5 Å². The lowest BCUT2D eigenvalue weighted by Crippen LogP contribution is -2.28. The molecule has 0 saturated heterocycles. The van der Waals surface area contributed by atoms with Crippen LogP contribution in [0.3, 0.4) is 0 Å². The van der Waals surface area contributed by atoms with Gasteiger partial charge in [0.1, 0.15) is 5.69 Å². The van der Waals surface area contributed by atoms with Crippen molar-refractivity contribution in [1.29, 1.82) is 0 Å². The van der Waals surface area contributed by atoms with E-state index in [4.69, 9.17) is 16.9 Å². The van der Waals surface area contributed by atoms with Crippen molar-refractivity contribution in [1.82, 2.24) is 8.81 Å². The molecule has 1 aliphatic rings. The smallest absolute Gasteiger partial charge is 0.353 e. The second-order valence-electron chi connectivity index (χ2n) is 4.92. The van der Waals surface area contributed by atoms with Crippen LogP contribution in [0.2, 0.25) is 0 Å². The van der Waals surface area contributed by atoms with E-state index in [1.54, 1.807) is 0 Å². The van der Waals surface area contributed by atoms with E-state index >= 15 is 0 Å². The number of carboxylic acid groups (broad SMARTS) is 1. The lowest BCUT2D eigenvalue weighted by Gasteiger charge is -2.27. The van der Waals surface area contributed by atoms with Crippen LogP contribution in [0, 0.1) is 0 Å².